The van der Waals surface area contributed by atoms with Gasteiger partial charge in [0.15, 0.2) is 0 Å². The van der Waals surface area contributed by atoms with Crippen molar-refractivity contribution in [2.45, 2.75) is 12.3 Å². The summed E-state index contributed by atoms with van der Waals surface area (Å²) in [6, 6.07) is 9.39. The average Bonchev–Trinajstić information content (AvgIpc) is 2.38. The van der Waals surface area contributed by atoms with Crippen LogP contribution in [0.15, 0.2) is 48.5 Å². The fraction of sp³-hybridized carbons (Fsp3) is 0.143. The molecule has 0 spiro atoms. The van der Waals surface area contributed by atoms with Crippen molar-refractivity contribution in [2.75, 3.05) is 0 Å². The Labute approximate surface area is 107 Å². The van der Waals surface area contributed by atoms with Crippen LogP contribution in [-0.4, -0.2) is 5.11 Å². The first-order chi connectivity index (χ1) is 8.88. The van der Waals surface area contributed by atoms with Gasteiger partial charge in [-0.25, -0.2) is 4.39 Å². The van der Waals surface area contributed by atoms with Crippen LogP contribution in [0.4, 0.5) is 17.6 Å². The minimum atomic E-state index is -4.46. The third-order valence-corrected chi connectivity index (χ3v) is 2.72. The third kappa shape index (κ3) is 3.12. The fourth-order valence-corrected chi connectivity index (χ4v) is 1.72. The van der Waals surface area contributed by atoms with Crippen LogP contribution in [0.2, 0.25) is 0 Å². The summed E-state index contributed by atoms with van der Waals surface area (Å²) in [6.45, 7) is 0. The molecule has 100 valence electrons. The first-order valence-electron chi connectivity index (χ1n) is 5.48. The minimum absolute atomic E-state index is 0.112. The second-order valence-electron chi connectivity index (χ2n) is 4.08. The molecule has 2 aromatic rings. The van der Waals surface area contributed by atoms with E-state index in [-0.39, 0.29) is 5.56 Å². The molecule has 1 atom stereocenters. The molecule has 0 aromatic heterocycles. The van der Waals surface area contributed by atoms with Gasteiger partial charge in [0.05, 0.1) is 5.56 Å². The van der Waals surface area contributed by atoms with E-state index >= 15 is 0 Å². The van der Waals surface area contributed by atoms with Crippen molar-refractivity contribution < 1.29 is 22.7 Å². The Morgan fingerprint density at radius 2 is 1.53 bits per heavy atom. The summed E-state index contributed by atoms with van der Waals surface area (Å²) >= 11 is 0. The SMILES string of the molecule is O[C@@H](c1ccc(F)cc1)c1cccc(C(F)(F)F)c1. The van der Waals surface area contributed by atoms with E-state index in [0.717, 1.165) is 24.3 Å². The lowest BCUT2D eigenvalue weighted by molar-refractivity contribution is -0.137. The normalized spacial score (nSPS) is 13.3. The van der Waals surface area contributed by atoms with Gasteiger partial charge in [0.25, 0.3) is 0 Å². The number of aliphatic hydroxyl groups is 1. The van der Waals surface area contributed by atoms with Gasteiger partial charge in [-0.2, -0.15) is 13.2 Å². The molecule has 0 saturated heterocycles. The Kier molecular flexibility index (Phi) is 3.57. The number of rotatable bonds is 2. The van der Waals surface area contributed by atoms with Gasteiger partial charge in [-0.05, 0) is 35.4 Å². The number of benzene rings is 2. The zero-order valence-corrected chi connectivity index (χ0v) is 9.66. The first-order valence-corrected chi connectivity index (χ1v) is 5.48. The van der Waals surface area contributed by atoms with E-state index in [0.29, 0.717) is 5.56 Å². The Balaban J connectivity index is 2.34. The summed E-state index contributed by atoms with van der Waals surface area (Å²) in [5.41, 5.74) is -0.381. The predicted octanol–water partition coefficient (Wildman–Crippen LogP) is 3.93. The highest BCUT2D eigenvalue weighted by atomic mass is 19.4. The Morgan fingerprint density at radius 3 is 2.11 bits per heavy atom. The van der Waals surface area contributed by atoms with E-state index in [9.17, 15) is 22.7 Å². The molecule has 0 aliphatic heterocycles. The lowest BCUT2D eigenvalue weighted by Crippen LogP contribution is -2.07. The van der Waals surface area contributed by atoms with E-state index in [1.165, 1.54) is 24.3 Å². The standard InChI is InChI=1S/C14H10F4O/c15-12-6-4-9(5-7-12)13(19)10-2-1-3-11(8-10)14(16,17)18/h1-8,13,19H/t13-/m0/s1. The zero-order chi connectivity index (χ0) is 14.0. The second-order valence-corrected chi connectivity index (χ2v) is 4.08. The monoisotopic (exact) mass is 270 g/mol. The van der Waals surface area contributed by atoms with Gasteiger partial charge in [-0.1, -0.05) is 24.3 Å². The Bertz CT molecular complexity index is 560. The van der Waals surface area contributed by atoms with E-state index in [2.05, 4.69) is 0 Å². The summed E-state index contributed by atoms with van der Waals surface area (Å²) in [4.78, 5) is 0. The molecule has 1 N–H and O–H groups in total. The van der Waals surface area contributed by atoms with Crippen LogP contribution in [0, 0.1) is 5.82 Å². The number of hydrogen-bond donors (Lipinski definition) is 1. The molecule has 2 rings (SSSR count). The molecule has 0 amide bonds. The van der Waals surface area contributed by atoms with Gasteiger partial charge >= 0.3 is 6.18 Å². The maximum Gasteiger partial charge on any atom is 0.416 e. The van der Waals surface area contributed by atoms with Crippen molar-refractivity contribution in [3.63, 3.8) is 0 Å². The van der Waals surface area contributed by atoms with E-state index < -0.39 is 23.7 Å². The molecule has 1 nitrogen and oxygen atoms in total. The number of hydrogen-bond acceptors (Lipinski definition) is 1. The van der Waals surface area contributed by atoms with Crippen molar-refractivity contribution in [1.82, 2.24) is 0 Å². The first kappa shape index (κ1) is 13.5. The summed E-state index contributed by atoms with van der Waals surface area (Å²) in [7, 11) is 0. The molecule has 0 heterocycles. The molecular weight excluding hydrogens is 260 g/mol. The molecule has 0 fully saturated rings. The Morgan fingerprint density at radius 1 is 0.895 bits per heavy atom. The van der Waals surface area contributed by atoms with Crippen molar-refractivity contribution in [2.24, 2.45) is 0 Å². The topological polar surface area (TPSA) is 20.2 Å². The summed E-state index contributed by atoms with van der Waals surface area (Å²) < 4.78 is 50.4. The zero-order valence-electron chi connectivity index (χ0n) is 9.66. The molecular formula is C14H10F4O. The van der Waals surface area contributed by atoms with E-state index in [4.69, 9.17) is 0 Å². The molecule has 5 heteroatoms. The smallest absolute Gasteiger partial charge is 0.384 e. The summed E-state index contributed by atoms with van der Waals surface area (Å²) in [6.07, 6.45) is -5.68. The van der Waals surface area contributed by atoms with Crippen LogP contribution in [0.1, 0.15) is 22.8 Å². The highest BCUT2D eigenvalue weighted by molar-refractivity contribution is 5.33. The van der Waals surface area contributed by atoms with E-state index in [1.54, 1.807) is 0 Å². The van der Waals surface area contributed by atoms with Crippen LogP contribution >= 0.6 is 0 Å². The van der Waals surface area contributed by atoms with Crippen LogP contribution in [0.5, 0.6) is 0 Å². The largest absolute Gasteiger partial charge is 0.416 e. The number of halogens is 4. The predicted molar refractivity (Wildman–Crippen MR) is 61.9 cm³/mol. The van der Waals surface area contributed by atoms with Gasteiger partial charge in [0.1, 0.15) is 11.9 Å². The molecule has 0 aliphatic carbocycles. The van der Waals surface area contributed by atoms with Crippen molar-refractivity contribution >= 4 is 0 Å². The van der Waals surface area contributed by atoms with Crippen molar-refractivity contribution in [3.8, 4) is 0 Å². The van der Waals surface area contributed by atoms with Crippen LogP contribution < -0.4 is 0 Å². The highest BCUT2D eigenvalue weighted by Gasteiger charge is 2.30. The van der Waals surface area contributed by atoms with Gasteiger partial charge < -0.3 is 5.11 Å². The average molecular weight is 270 g/mol. The molecule has 0 unspecified atom stereocenters. The minimum Gasteiger partial charge on any atom is -0.384 e. The summed E-state index contributed by atoms with van der Waals surface area (Å²) in [5.74, 6) is -0.472. The summed E-state index contributed by atoms with van der Waals surface area (Å²) in [5, 5.41) is 9.98. The fourth-order valence-electron chi connectivity index (χ4n) is 1.72. The van der Waals surface area contributed by atoms with Crippen molar-refractivity contribution in [3.05, 3.63) is 71.0 Å². The maximum atomic E-state index is 12.7. The molecule has 2 aromatic carbocycles. The lowest BCUT2D eigenvalue weighted by Gasteiger charge is -2.14. The third-order valence-electron chi connectivity index (χ3n) is 2.72. The Hall–Kier alpha value is -1.88. The van der Waals surface area contributed by atoms with E-state index in [1.807, 2.05) is 0 Å². The molecule has 0 radical (unpaired) electrons. The molecule has 0 aliphatic rings. The number of aliphatic hydroxyl groups excluding tert-OH is 1. The second kappa shape index (κ2) is 5.01. The maximum absolute atomic E-state index is 12.7. The quantitative estimate of drug-likeness (QED) is 0.820. The van der Waals surface area contributed by atoms with Crippen molar-refractivity contribution in [1.29, 1.82) is 0 Å². The van der Waals surface area contributed by atoms with Gasteiger partial charge in [0.2, 0.25) is 0 Å². The van der Waals surface area contributed by atoms with Gasteiger partial charge in [-0.3, -0.25) is 0 Å². The molecule has 0 saturated carbocycles. The number of alkyl halides is 3. The molecule has 0 bridgehead atoms. The highest BCUT2D eigenvalue weighted by Crippen LogP contribution is 2.32. The van der Waals surface area contributed by atoms with Crippen LogP contribution in [0.3, 0.4) is 0 Å². The lowest BCUT2D eigenvalue weighted by atomic mass is 9.99. The van der Waals surface area contributed by atoms with Crippen LogP contribution in [0.25, 0.3) is 0 Å². The van der Waals surface area contributed by atoms with Gasteiger partial charge in [0, 0.05) is 0 Å². The molecule has 19 heavy (non-hydrogen) atoms. The van der Waals surface area contributed by atoms with Crippen LogP contribution in [-0.2, 0) is 6.18 Å². The van der Waals surface area contributed by atoms with Gasteiger partial charge in [-0.15, -0.1) is 0 Å².